The molecule has 4 nitrogen and oxygen atoms in total. The maximum Gasteiger partial charge on any atom is 0.217 e. The first-order chi connectivity index (χ1) is 5.97. The lowest BCUT2D eigenvalue weighted by atomic mass is 10.1. The first kappa shape index (κ1) is 11.9. The molecule has 0 heterocycles. The molecule has 0 aromatic rings. The van der Waals surface area contributed by atoms with Gasteiger partial charge in [0.2, 0.25) is 11.8 Å². The molecule has 0 aromatic heterocycles. The summed E-state index contributed by atoms with van der Waals surface area (Å²) in [5.41, 5.74) is 0. The smallest absolute Gasteiger partial charge is 0.217 e. The zero-order valence-corrected chi connectivity index (χ0v) is 8.68. The van der Waals surface area contributed by atoms with Gasteiger partial charge in [-0.15, -0.1) is 0 Å². The van der Waals surface area contributed by atoms with Crippen molar-refractivity contribution in [3.63, 3.8) is 0 Å². The van der Waals surface area contributed by atoms with Gasteiger partial charge in [0.1, 0.15) is 0 Å². The van der Waals surface area contributed by atoms with Crippen molar-refractivity contribution < 1.29 is 9.59 Å². The van der Waals surface area contributed by atoms with Crippen molar-refractivity contribution >= 4 is 11.8 Å². The summed E-state index contributed by atoms with van der Waals surface area (Å²) in [4.78, 5) is 21.5. The van der Waals surface area contributed by atoms with Crippen LogP contribution >= 0.6 is 0 Å². The Kier molecular flexibility index (Phi) is 5.11. The zero-order valence-electron chi connectivity index (χ0n) is 8.68. The van der Waals surface area contributed by atoms with Crippen LogP contribution in [0.3, 0.4) is 0 Å². The van der Waals surface area contributed by atoms with Crippen LogP contribution in [0.4, 0.5) is 0 Å². The normalized spacial score (nSPS) is 14.5. The van der Waals surface area contributed by atoms with Crippen molar-refractivity contribution in [2.75, 3.05) is 0 Å². The third-order valence-electron chi connectivity index (χ3n) is 1.86. The highest BCUT2D eigenvalue weighted by molar-refractivity contribution is 5.74. The Labute approximate surface area is 79.1 Å². The Morgan fingerprint density at radius 3 is 1.92 bits per heavy atom. The van der Waals surface area contributed by atoms with Crippen molar-refractivity contribution in [2.24, 2.45) is 0 Å². The van der Waals surface area contributed by atoms with E-state index in [1.165, 1.54) is 13.8 Å². The summed E-state index contributed by atoms with van der Waals surface area (Å²) >= 11 is 0. The Morgan fingerprint density at radius 1 is 1.15 bits per heavy atom. The summed E-state index contributed by atoms with van der Waals surface area (Å²) in [6.45, 7) is 6.80. The van der Waals surface area contributed by atoms with Crippen molar-refractivity contribution in [1.29, 1.82) is 0 Å². The van der Waals surface area contributed by atoms with Crippen LogP contribution in [0, 0.1) is 0 Å². The van der Waals surface area contributed by atoms with Crippen molar-refractivity contribution in [3.05, 3.63) is 0 Å². The molecular formula is C9H18N2O2. The summed E-state index contributed by atoms with van der Waals surface area (Å²) in [6.07, 6.45) is 0.807. The summed E-state index contributed by atoms with van der Waals surface area (Å²) < 4.78 is 0. The van der Waals surface area contributed by atoms with Crippen molar-refractivity contribution in [1.82, 2.24) is 10.6 Å². The number of amides is 2. The third-order valence-corrected chi connectivity index (χ3v) is 1.86. The van der Waals surface area contributed by atoms with E-state index >= 15 is 0 Å². The molecular weight excluding hydrogens is 168 g/mol. The lowest BCUT2D eigenvalue weighted by Crippen LogP contribution is -2.48. The average molecular weight is 186 g/mol. The maximum absolute atomic E-state index is 10.8. The van der Waals surface area contributed by atoms with Crippen LogP contribution in [0.25, 0.3) is 0 Å². The molecule has 2 atom stereocenters. The molecule has 0 rings (SSSR count). The van der Waals surface area contributed by atoms with Crippen molar-refractivity contribution in [2.45, 2.75) is 46.2 Å². The second-order valence-electron chi connectivity index (χ2n) is 3.20. The van der Waals surface area contributed by atoms with Crippen LogP contribution in [0.5, 0.6) is 0 Å². The molecule has 2 amide bonds. The minimum Gasteiger partial charge on any atom is -0.352 e. The number of rotatable bonds is 4. The quantitative estimate of drug-likeness (QED) is 0.668. The van der Waals surface area contributed by atoms with E-state index in [4.69, 9.17) is 0 Å². The number of carbonyl (C=O) groups excluding carboxylic acids is 2. The zero-order chi connectivity index (χ0) is 10.4. The largest absolute Gasteiger partial charge is 0.352 e. The molecule has 2 N–H and O–H groups in total. The minimum absolute atomic E-state index is 0.0152. The molecule has 0 aromatic carbocycles. The lowest BCUT2D eigenvalue weighted by molar-refractivity contribution is -0.122. The third kappa shape index (κ3) is 5.22. The van der Waals surface area contributed by atoms with Gasteiger partial charge >= 0.3 is 0 Å². The van der Waals surface area contributed by atoms with Gasteiger partial charge in [-0.25, -0.2) is 0 Å². The number of nitrogens with one attached hydrogen (secondary N) is 2. The standard InChI is InChI=1S/C9H18N2O2/c1-5-9(11-8(4)13)6(2)10-7(3)12/h6,9H,5H2,1-4H3,(H,10,12)(H,11,13)/t6-,9-/m1/s1. The molecule has 76 valence electrons. The molecule has 0 bridgehead atoms. The van der Waals surface area contributed by atoms with Crippen LogP contribution in [-0.2, 0) is 9.59 Å². The SMILES string of the molecule is CC[C@@H](NC(C)=O)[C@@H](C)NC(C)=O. The Balaban J connectivity index is 4.06. The van der Waals surface area contributed by atoms with Gasteiger partial charge in [0, 0.05) is 25.9 Å². The molecule has 0 aliphatic rings. The number of carbonyl (C=O) groups is 2. The predicted octanol–water partition coefficient (Wildman–Crippen LogP) is 0.426. The van der Waals surface area contributed by atoms with Crippen LogP contribution in [0.2, 0.25) is 0 Å². The molecule has 0 unspecified atom stereocenters. The van der Waals surface area contributed by atoms with E-state index < -0.39 is 0 Å². The highest BCUT2D eigenvalue weighted by Gasteiger charge is 2.16. The molecule has 0 radical (unpaired) electrons. The molecule has 0 fully saturated rings. The van der Waals surface area contributed by atoms with Gasteiger partial charge < -0.3 is 10.6 Å². The van der Waals surface area contributed by atoms with E-state index in [0.717, 1.165) is 6.42 Å². The minimum atomic E-state index is -0.0729. The first-order valence-corrected chi connectivity index (χ1v) is 4.51. The molecule has 0 aliphatic heterocycles. The predicted molar refractivity (Wildman–Crippen MR) is 51.2 cm³/mol. The lowest BCUT2D eigenvalue weighted by Gasteiger charge is -2.23. The van der Waals surface area contributed by atoms with Gasteiger partial charge in [-0.1, -0.05) is 6.92 Å². The summed E-state index contributed by atoms with van der Waals surface area (Å²) in [6, 6.07) is -0.00667. The fraction of sp³-hybridized carbons (Fsp3) is 0.778. The maximum atomic E-state index is 10.8. The van der Waals surface area contributed by atoms with Crippen LogP contribution in [-0.4, -0.2) is 23.9 Å². The van der Waals surface area contributed by atoms with Crippen LogP contribution in [0.15, 0.2) is 0 Å². The Bertz CT molecular complexity index is 192. The van der Waals surface area contributed by atoms with Gasteiger partial charge in [0.25, 0.3) is 0 Å². The topological polar surface area (TPSA) is 58.2 Å². The number of hydrogen-bond acceptors (Lipinski definition) is 2. The summed E-state index contributed by atoms with van der Waals surface area (Å²) in [5, 5.41) is 5.53. The van der Waals surface area contributed by atoms with E-state index in [2.05, 4.69) is 10.6 Å². The van der Waals surface area contributed by atoms with E-state index in [0.29, 0.717) is 0 Å². The van der Waals surface area contributed by atoms with Gasteiger partial charge in [0.05, 0.1) is 0 Å². The van der Waals surface area contributed by atoms with Crippen LogP contribution < -0.4 is 10.6 Å². The summed E-state index contributed by atoms with van der Waals surface area (Å²) in [5.74, 6) is -0.139. The van der Waals surface area contributed by atoms with E-state index in [1.807, 2.05) is 13.8 Å². The first-order valence-electron chi connectivity index (χ1n) is 4.51. The molecule has 0 spiro atoms. The van der Waals surface area contributed by atoms with Crippen molar-refractivity contribution in [3.8, 4) is 0 Å². The second kappa shape index (κ2) is 5.56. The fourth-order valence-corrected chi connectivity index (χ4v) is 1.26. The second-order valence-corrected chi connectivity index (χ2v) is 3.20. The molecule has 4 heteroatoms. The van der Waals surface area contributed by atoms with Gasteiger partial charge in [0.15, 0.2) is 0 Å². The van der Waals surface area contributed by atoms with Gasteiger partial charge in [-0.05, 0) is 13.3 Å². The highest BCUT2D eigenvalue weighted by Crippen LogP contribution is 1.97. The highest BCUT2D eigenvalue weighted by atomic mass is 16.2. The molecule has 0 aliphatic carbocycles. The van der Waals surface area contributed by atoms with Crippen LogP contribution in [0.1, 0.15) is 34.1 Å². The fourth-order valence-electron chi connectivity index (χ4n) is 1.26. The number of hydrogen-bond donors (Lipinski definition) is 2. The monoisotopic (exact) mass is 186 g/mol. The average Bonchev–Trinajstić information content (AvgIpc) is 1.98. The van der Waals surface area contributed by atoms with E-state index in [9.17, 15) is 9.59 Å². The molecule has 13 heavy (non-hydrogen) atoms. The van der Waals surface area contributed by atoms with E-state index in [1.54, 1.807) is 0 Å². The van der Waals surface area contributed by atoms with Gasteiger partial charge in [-0.3, -0.25) is 9.59 Å². The Morgan fingerprint density at radius 2 is 1.62 bits per heavy atom. The Hall–Kier alpha value is -1.06. The van der Waals surface area contributed by atoms with Gasteiger partial charge in [-0.2, -0.15) is 0 Å². The van der Waals surface area contributed by atoms with E-state index in [-0.39, 0.29) is 23.9 Å². The summed E-state index contributed by atoms with van der Waals surface area (Å²) in [7, 11) is 0. The molecule has 0 saturated carbocycles. The molecule has 0 saturated heterocycles.